The van der Waals surface area contributed by atoms with E-state index in [1.54, 1.807) is 26.6 Å². The maximum atomic E-state index is 5.31. The minimum Gasteiger partial charge on any atom is -0.497 e. The van der Waals surface area contributed by atoms with Gasteiger partial charge in [-0.3, -0.25) is 19.9 Å². The summed E-state index contributed by atoms with van der Waals surface area (Å²) in [6.45, 7) is 22.2. The lowest BCUT2D eigenvalue weighted by atomic mass is 10.1. The number of aryl methyl sites for hydroxylation is 2. The zero-order valence-electron chi connectivity index (χ0n) is 40.8. The molecule has 0 aliphatic carbocycles. The Kier molecular flexibility index (Phi) is 29.3. The van der Waals surface area contributed by atoms with Gasteiger partial charge in [0.2, 0.25) is 0 Å². The van der Waals surface area contributed by atoms with Gasteiger partial charge in [-0.15, -0.1) is 0 Å². The summed E-state index contributed by atoms with van der Waals surface area (Å²) in [5, 5.41) is 11.3. The van der Waals surface area contributed by atoms with E-state index in [2.05, 4.69) is 110 Å². The van der Waals surface area contributed by atoms with Crippen molar-refractivity contribution in [1.29, 1.82) is 0 Å². The Morgan fingerprint density at radius 1 is 0.615 bits per heavy atom. The van der Waals surface area contributed by atoms with Crippen molar-refractivity contribution < 1.29 is 9.47 Å². The fraction of sp³-hybridized carbons (Fsp3) is 0.352. The SMILES string of the molecule is CC.CC.CCN(CCNCc1ccccn1)Cc1ccc(CNCc2c[nH]c3cc(OC)ccc23)cc1.CNCc1ccccn1.COc1ccc(C)c(C)c1.NCc1ccccn1. The lowest BCUT2D eigenvalue weighted by molar-refractivity contribution is 0.279. The predicted molar refractivity (Wildman–Crippen MR) is 273 cm³/mol. The maximum Gasteiger partial charge on any atom is 0.120 e. The van der Waals surface area contributed by atoms with E-state index in [1.807, 2.05) is 114 Å². The first-order valence-electron chi connectivity index (χ1n) is 22.9. The van der Waals surface area contributed by atoms with E-state index in [4.69, 9.17) is 15.2 Å². The van der Waals surface area contributed by atoms with Gasteiger partial charge in [0.25, 0.3) is 0 Å². The molecule has 0 saturated heterocycles. The van der Waals surface area contributed by atoms with Gasteiger partial charge in [0.1, 0.15) is 11.5 Å². The van der Waals surface area contributed by atoms with Gasteiger partial charge in [0.05, 0.1) is 31.3 Å². The van der Waals surface area contributed by atoms with Crippen LogP contribution in [0.4, 0.5) is 0 Å². The fourth-order valence-corrected chi connectivity index (χ4v) is 6.15. The molecule has 0 atom stereocenters. The van der Waals surface area contributed by atoms with Gasteiger partial charge in [-0.1, -0.05) is 83.1 Å². The molecule has 0 fully saturated rings. The standard InChI is InChI=1S/C28H35N5O.C9H12O.C7H10N2.C6H8N2.2C2H6/c1-3-33(15-14-29-20-25-6-4-5-13-31-25)21-23-9-7-22(8-10-23)17-30-18-24-19-32-28-16-26(34-2)11-12-27(24)28;1-7-4-5-9(10-3)6-8(7)2;1-8-6-7-4-2-3-5-9-7;7-5-6-3-1-2-4-8-6;2*1-2/h4-13,16,19,29-30,32H,3,14-15,17-18,20-21H2,1-2H3;4-6H,1-3H3;2-5,8H,6H2,1H3;1-4H,5,7H2;2*1-2H3. The summed E-state index contributed by atoms with van der Waals surface area (Å²) >= 11 is 0. The molecule has 0 aliphatic rings. The number of hydrogen-bond acceptors (Lipinski definition) is 10. The van der Waals surface area contributed by atoms with E-state index in [0.717, 1.165) is 86.5 Å². The van der Waals surface area contributed by atoms with Crippen LogP contribution in [0.1, 0.15) is 79.5 Å². The second-order valence-corrected chi connectivity index (χ2v) is 14.3. The first-order valence-corrected chi connectivity index (χ1v) is 22.9. The van der Waals surface area contributed by atoms with Crippen molar-refractivity contribution in [2.75, 3.05) is 40.9 Å². The van der Waals surface area contributed by atoms with Crippen LogP contribution in [-0.4, -0.2) is 65.7 Å². The normalized spacial score (nSPS) is 10.0. The monoisotopic (exact) mass is 884 g/mol. The average Bonchev–Trinajstić information content (AvgIpc) is 3.78. The molecular weight excluding hydrogens is 807 g/mol. The Bertz CT molecular complexity index is 2200. The molecule has 0 bridgehead atoms. The fourth-order valence-electron chi connectivity index (χ4n) is 6.15. The number of ether oxygens (including phenoxy) is 2. The Morgan fingerprint density at radius 2 is 1.18 bits per heavy atom. The van der Waals surface area contributed by atoms with Crippen LogP contribution in [-0.2, 0) is 39.3 Å². The molecule has 0 saturated carbocycles. The zero-order chi connectivity index (χ0) is 47.5. The van der Waals surface area contributed by atoms with Crippen LogP contribution in [0.5, 0.6) is 11.5 Å². The summed E-state index contributed by atoms with van der Waals surface area (Å²) in [7, 11) is 5.29. The highest BCUT2D eigenvalue weighted by Gasteiger charge is 2.07. The van der Waals surface area contributed by atoms with Crippen molar-refractivity contribution in [3.63, 3.8) is 0 Å². The van der Waals surface area contributed by atoms with Crippen molar-refractivity contribution >= 4 is 10.9 Å². The molecule has 4 aromatic heterocycles. The van der Waals surface area contributed by atoms with Gasteiger partial charge in [0.15, 0.2) is 0 Å². The number of aromatic amines is 1. The molecule has 3 aromatic carbocycles. The topological polar surface area (TPSA) is 138 Å². The van der Waals surface area contributed by atoms with E-state index < -0.39 is 0 Å². The number of rotatable bonds is 17. The summed E-state index contributed by atoms with van der Waals surface area (Å²) < 4.78 is 10.4. The molecular formula is C54H77N9O2. The number of nitrogens with zero attached hydrogens (tertiary/aromatic N) is 4. The molecule has 65 heavy (non-hydrogen) atoms. The number of benzene rings is 3. The zero-order valence-corrected chi connectivity index (χ0v) is 40.8. The largest absolute Gasteiger partial charge is 0.497 e. The summed E-state index contributed by atoms with van der Waals surface area (Å²) in [6.07, 6.45) is 7.45. The van der Waals surface area contributed by atoms with Crippen LogP contribution in [0, 0.1) is 13.8 Å². The van der Waals surface area contributed by atoms with Crippen LogP contribution in [0.15, 0.2) is 140 Å². The number of fused-ring (bicyclic) bond motifs is 1. The number of likely N-dealkylation sites (N-methyl/N-ethyl adjacent to an activating group) is 1. The average molecular weight is 884 g/mol. The van der Waals surface area contributed by atoms with Crippen LogP contribution < -0.4 is 31.2 Å². The lowest BCUT2D eigenvalue weighted by Crippen LogP contribution is -2.31. The number of aromatic nitrogens is 4. The van der Waals surface area contributed by atoms with Gasteiger partial charge < -0.3 is 36.1 Å². The molecule has 11 nitrogen and oxygen atoms in total. The van der Waals surface area contributed by atoms with Crippen LogP contribution >= 0.6 is 0 Å². The quantitative estimate of drug-likeness (QED) is 0.0562. The molecule has 0 aliphatic heterocycles. The molecule has 0 amide bonds. The highest BCUT2D eigenvalue weighted by atomic mass is 16.5. The molecule has 6 N–H and O–H groups in total. The van der Waals surface area contributed by atoms with Gasteiger partial charge in [-0.2, -0.15) is 0 Å². The summed E-state index contributed by atoms with van der Waals surface area (Å²) in [5.74, 6) is 1.81. The Labute approximate surface area is 390 Å². The molecule has 11 heteroatoms. The minimum atomic E-state index is 0.529. The van der Waals surface area contributed by atoms with E-state index >= 15 is 0 Å². The Balaban J connectivity index is 0.000000376. The second-order valence-electron chi connectivity index (χ2n) is 14.3. The van der Waals surface area contributed by atoms with Crippen molar-refractivity contribution in [2.24, 2.45) is 5.73 Å². The third kappa shape index (κ3) is 22.0. The smallest absolute Gasteiger partial charge is 0.120 e. The lowest BCUT2D eigenvalue weighted by Gasteiger charge is -2.21. The molecule has 7 rings (SSSR count). The third-order valence-electron chi connectivity index (χ3n) is 9.87. The van der Waals surface area contributed by atoms with Crippen molar-refractivity contribution in [3.8, 4) is 11.5 Å². The first kappa shape index (κ1) is 55.2. The molecule has 350 valence electrons. The van der Waals surface area contributed by atoms with Crippen molar-refractivity contribution in [2.45, 2.75) is 87.7 Å². The van der Waals surface area contributed by atoms with E-state index in [-0.39, 0.29) is 0 Å². The number of methoxy groups -OCH3 is 2. The van der Waals surface area contributed by atoms with E-state index in [0.29, 0.717) is 6.54 Å². The van der Waals surface area contributed by atoms with Gasteiger partial charge >= 0.3 is 0 Å². The van der Waals surface area contributed by atoms with Gasteiger partial charge in [0, 0.05) is 94.1 Å². The van der Waals surface area contributed by atoms with Crippen molar-refractivity contribution in [1.82, 2.24) is 40.8 Å². The molecule has 0 spiro atoms. The van der Waals surface area contributed by atoms with Crippen LogP contribution in [0.2, 0.25) is 0 Å². The molecule has 7 aromatic rings. The second kappa shape index (κ2) is 34.5. The number of hydrogen-bond donors (Lipinski definition) is 5. The van der Waals surface area contributed by atoms with Gasteiger partial charge in [-0.05, 0) is 116 Å². The van der Waals surface area contributed by atoms with Crippen molar-refractivity contribution in [3.05, 3.63) is 185 Å². The molecule has 4 heterocycles. The Hall–Kier alpha value is -5.95. The van der Waals surface area contributed by atoms with Crippen LogP contribution in [0.25, 0.3) is 10.9 Å². The predicted octanol–water partition coefficient (Wildman–Crippen LogP) is 10.2. The summed E-state index contributed by atoms with van der Waals surface area (Å²) in [6, 6.07) is 38.8. The molecule has 0 radical (unpaired) electrons. The summed E-state index contributed by atoms with van der Waals surface area (Å²) in [5.41, 5.74) is 16.0. The maximum absolute atomic E-state index is 5.31. The highest BCUT2D eigenvalue weighted by Crippen LogP contribution is 2.23. The van der Waals surface area contributed by atoms with E-state index in [1.165, 1.54) is 33.2 Å². The first-order chi connectivity index (χ1) is 31.8. The number of nitrogens with one attached hydrogen (secondary N) is 4. The van der Waals surface area contributed by atoms with E-state index in [9.17, 15) is 0 Å². The minimum absolute atomic E-state index is 0.529. The molecule has 0 unspecified atom stereocenters. The summed E-state index contributed by atoms with van der Waals surface area (Å²) in [4.78, 5) is 18.2. The Morgan fingerprint density at radius 3 is 1.71 bits per heavy atom. The number of nitrogens with two attached hydrogens (primary N) is 1. The third-order valence-corrected chi connectivity index (χ3v) is 9.87. The highest BCUT2D eigenvalue weighted by molar-refractivity contribution is 5.84. The van der Waals surface area contributed by atoms with Gasteiger partial charge in [-0.25, -0.2) is 0 Å². The number of H-pyrrole nitrogens is 1. The number of pyridine rings is 3. The van der Waals surface area contributed by atoms with Crippen LogP contribution in [0.3, 0.4) is 0 Å².